The van der Waals surface area contributed by atoms with E-state index in [0.29, 0.717) is 27.5 Å². The summed E-state index contributed by atoms with van der Waals surface area (Å²) in [6.45, 7) is 0. The summed E-state index contributed by atoms with van der Waals surface area (Å²) in [6, 6.07) is 17.0. The molecule has 0 radical (unpaired) electrons. The Hall–Kier alpha value is -2.30. The van der Waals surface area contributed by atoms with Crippen molar-refractivity contribution in [2.45, 2.75) is 0 Å². The van der Waals surface area contributed by atoms with Gasteiger partial charge < -0.3 is 10.2 Å². The number of aromatic nitrogens is 2. The molecule has 3 rings (SSSR count). The minimum atomic E-state index is 0.536. The highest BCUT2D eigenvalue weighted by Gasteiger charge is 2.10. The molecule has 0 aliphatic heterocycles. The van der Waals surface area contributed by atoms with Gasteiger partial charge in [0, 0.05) is 18.9 Å². The predicted octanol–water partition coefficient (Wildman–Crippen LogP) is 5.29. The van der Waals surface area contributed by atoms with Crippen LogP contribution in [0.2, 0.25) is 10.0 Å². The zero-order valence-electron chi connectivity index (χ0n) is 12.4. The van der Waals surface area contributed by atoms with Crippen LogP contribution in [0.25, 0.3) is 0 Å². The number of benzene rings is 2. The van der Waals surface area contributed by atoms with Crippen LogP contribution in [-0.4, -0.2) is 17.0 Å². The second-order valence-electron chi connectivity index (χ2n) is 4.86. The first kappa shape index (κ1) is 15.6. The zero-order valence-corrected chi connectivity index (χ0v) is 13.9. The van der Waals surface area contributed by atoms with E-state index < -0.39 is 0 Å². The first-order chi connectivity index (χ1) is 11.1. The Kier molecular flexibility index (Phi) is 4.65. The summed E-state index contributed by atoms with van der Waals surface area (Å²) < 4.78 is 0. The number of hydrogen-bond donors (Lipinski definition) is 1. The lowest BCUT2D eigenvalue weighted by atomic mass is 10.3. The van der Waals surface area contributed by atoms with Crippen LogP contribution in [0, 0.1) is 0 Å². The first-order valence-electron chi connectivity index (χ1n) is 6.98. The summed E-state index contributed by atoms with van der Waals surface area (Å²) in [5.74, 6) is 1.19. The molecule has 0 saturated heterocycles. The Balaban J connectivity index is 1.89. The summed E-state index contributed by atoms with van der Waals surface area (Å²) in [5, 5.41) is 4.22. The molecule has 0 aliphatic rings. The number of hydrogen-bond acceptors (Lipinski definition) is 4. The predicted molar refractivity (Wildman–Crippen MR) is 96.3 cm³/mol. The van der Waals surface area contributed by atoms with Gasteiger partial charge in [0.05, 0.1) is 15.7 Å². The Bertz CT molecular complexity index is 788. The van der Waals surface area contributed by atoms with Crippen molar-refractivity contribution >= 4 is 46.3 Å². The van der Waals surface area contributed by atoms with Crippen LogP contribution in [0.4, 0.5) is 23.1 Å². The third-order valence-corrected chi connectivity index (χ3v) is 3.93. The molecule has 0 spiro atoms. The summed E-state index contributed by atoms with van der Waals surface area (Å²) in [4.78, 5) is 10.7. The SMILES string of the molecule is CN(c1ccccc1)c1nccc(Nc2c(Cl)cccc2Cl)n1. The lowest BCUT2D eigenvalue weighted by Gasteiger charge is -2.18. The fourth-order valence-corrected chi connectivity index (χ4v) is 2.58. The van der Waals surface area contributed by atoms with Crippen molar-refractivity contribution in [3.05, 3.63) is 70.8 Å². The van der Waals surface area contributed by atoms with Gasteiger partial charge in [-0.1, -0.05) is 47.5 Å². The highest BCUT2D eigenvalue weighted by molar-refractivity contribution is 6.39. The van der Waals surface area contributed by atoms with Crippen LogP contribution in [0.3, 0.4) is 0 Å². The highest BCUT2D eigenvalue weighted by Crippen LogP contribution is 2.32. The van der Waals surface area contributed by atoms with E-state index in [-0.39, 0.29) is 0 Å². The van der Waals surface area contributed by atoms with Gasteiger partial charge in [-0.2, -0.15) is 4.98 Å². The van der Waals surface area contributed by atoms with E-state index in [9.17, 15) is 0 Å². The van der Waals surface area contributed by atoms with Crippen LogP contribution in [0.15, 0.2) is 60.8 Å². The van der Waals surface area contributed by atoms with Gasteiger partial charge in [-0.05, 0) is 30.3 Å². The number of para-hydroxylation sites is 2. The Morgan fingerprint density at radius 1 is 0.913 bits per heavy atom. The second-order valence-corrected chi connectivity index (χ2v) is 5.67. The molecule has 0 fully saturated rings. The average molecular weight is 345 g/mol. The molecule has 0 aliphatic carbocycles. The number of nitrogens with one attached hydrogen (secondary N) is 1. The molecular formula is C17H14Cl2N4. The molecule has 23 heavy (non-hydrogen) atoms. The van der Waals surface area contributed by atoms with E-state index in [0.717, 1.165) is 5.69 Å². The van der Waals surface area contributed by atoms with Gasteiger partial charge in [0.1, 0.15) is 5.82 Å². The Labute approximate surface area is 144 Å². The van der Waals surface area contributed by atoms with E-state index >= 15 is 0 Å². The molecule has 0 saturated carbocycles. The number of halogens is 2. The van der Waals surface area contributed by atoms with Crippen molar-refractivity contribution in [2.75, 3.05) is 17.3 Å². The minimum Gasteiger partial charge on any atom is -0.338 e. The second kappa shape index (κ2) is 6.86. The maximum Gasteiger partial charge on any atom is 0.231 e. The van der Waals surface area contributed by atoms with Crippen LogP contribution >= 0.6 is 23.2 Å². The molecule has 0 bridgehead atoms. The largest absolute Gasteiger partial charge is 0.338 e. The van der Waals surface area contributed by atoms with E-state index in [2.05, 4.69) is 15.3 Å². The maximum absolute atomic E-state index is 6.18. The van der Waals surface area contributed by atoms with Crippen LogP contribution < -0.4 is 10.2 Å². The maximum atomic E-state index is 6.18. The molecular weight excluding hydrogens is 331 g/mol. The summed E-state index contributed by atoms with van der Waals surface area (Å²) in [7, 11) is 1.91. The topological polar surface area (TPSA) is 41.1 Å². The van der Waals surface area contributed by atoms with Crippen molar-refractivity contribution in [3.63, 3.8) is 0 Å². The van der Waals surface area contributed by atoms with E-state index in [1.54, 1.807) is 30.5 Å². The first-order valence-corrected chi connectivity index (χ1v) is 7.73. The molecule has 2 aromatic carbocycles. The van der Waals surface area contributed by atoms with Crippen molar-refractivity contribution in [2.24, 2.45) is 0 Å². The quantitative estimate of drug-likeness (QED) is 0.697. The van der Waals surface area contributed by atoms with Crippen molar-refractivity contribution in [1.29, 1.82) is 0 Å². The fourth-order valence-electron chi connectivity index (χ4n) is 2.09. The van der Waals surface area contributed by atoms with Crippen molar-refractivity contribution in [3.8, 4) is 0 Å². The Morgan fingerprint density at radius 3 is 2.30 bits per heavy atom. The average Bonchev–Trinajstić information content (AvgIpc) is 2.59. The van der Waals surface area contributed by atoms with E-state index in [1.165, 1.54) is 0 Å². The molecule has 0 atom stereocenters. The molecule has 1 N–H and O–H groups in total. The van der Waals surface area contributed by atoms with Gasteiger partial charge in [-0.15, -0.1) is 0 Å². The third-order valence-electron chi connectivity index (χ3n) is 3.30. The molecule has 1 heterocycles. The van der Waals surface area contributed by atoms with Crippen molar-refractivity contribution < 1.29 is 0 Å². The summed E-state index contributed by atoms with van der Waals surface area (Å²) in [5.41, 5.74) is 1.63. The molecule has 116 valence electrons. The Morgan fingerprint density at radius 2 is 1.61 bits per heavy atom. The zero-order chi connectivity index (χ0) is 16.2. The molecule has 6 heteroatoms. The van der Waals surface area contributed by atoms with Gasteiger partial charge in [0.15, 0.2) is 0 Å². The summed E-state index contributed by atoms with van der Waals surface area (Å²) >= 11 is 12.4. The molecule has 4 nitrogen and oxygen atoms in total. The fraction of sp³-hybridized carbons (Fsp3) is 0.0588. The van der Waals surface area contributed by atoms with Crippen LogP contribution in [-0.2, 0) is 0 Å². The third kappa shape index (κ3) is 3.55. The van der Waals surface area contributed by atoms with Crippen molar-refractivity contribution in [1.82, 2.24) is 9.97 Å². The lowest BCUT2D eigenvalue weighted by molar-refractivity contribution is 1.04. The monoisotopic (exact) mass is 344 g/mol. The minimum absolute atomic E-state index is 0.536. The standard InChI is InChI=1S/C17H14Cl2N4/c1-23(12-6-3-2-4-7-12)17-20-11-10-15(22-17)21-16-13(18)8-5-9-14(16)19/h2-11H,1H3,(H,20,21,22). The molecule has 0 unspecified atom stereocenters. The number of anilines is 4. The smallest absolute Gasteiger partial charge is 0.231 e. The van der Waals surface area contributed by atoms with Gasteiger partial charge in [0.25, 0.3) is 0 Å². The van der Waals surface area contributed by atoms with Gasteiger partial charge in [-0.3, -0.25) is 0 Å². The normalized spacial score (nSPS) is 10.4. The molecule has 1 aromatic heterocycles. The van der Waals surface area contributed by atoms with Gasteiger partial charge >= 0.3 is 0 Å². The number of rotatable bonds is 4. The molecule has 3 aromatic rings. The number of nitrogens with zero attached hydrogens (tertiary/aromatic N) is 3. The lowest BCUT2D eigenvalue weighted by Crippen LogP contribution is -2.13. The summed E-state index contributed by atoms with van der Waals surface area (Å²) in [6.07, 6.45) is 1.69. The molecule has 0 amide bonds. The van der Waals surface area contributed by atoms with E-state index in [1.807, 2.05) is 42.3 Å². The highest BCUT2D eigenvalue weighted by atomic mass is 35.5. The van der Waals surface area contributed by atoms with E-state index in [4.69, 9.17) is 23.2 Å². The van der Waals surface area contributed by atoms with Gasteiger partial charge in [0.2, 0.25) is 5.95 Å². The van der Waals surface area contributed by atoms with Gasteiger partial charge in [-0.25, -0.2) is 4.98 Å². The van der Waals surface area contributed by atoms with Crippen LogP contribution in [0.5, 0.6) is 0 Å². The van der Waals surface area contributed by atoms with Crippen LogP contribution in [0.1, 0.15) is 0 Å².